The van der Waals surface area contributed by atoms with Crippen molar-refractivity contribution in [3.05, 3.63) is 74.9 Å². The van der Waals surface area contributed by atoms with Gasteiger partial charge in [0.05, 0.1) is 17.3 Å². The van der Waals surface area contributed by atoms with E-state index in [0.29, 0.717) is 22.8 Å². The molecule has 1 aromatic heterocycles. The second-order valence-corrected chi connectivity index (χ2v) is 7.74. The highest BCUT2D eigenvalue weighted by atomic mass is 35.5. The summed E-state index contributed by atoms with van der Waals surface area (Å²) in [4.78, 5) is 11.7. The summed E-state index contributed by atoms with van der Waals surface area (Å²) in [6.07, 6.45) is 1.36. The first-order chi connectivity index (χ1) is 13.8. The van der Waals surface area contributed by atoms with E-state index in [1.807, 2.05) is 44.2 Å². The van der Waals surface area contributed by atoms with Crippen molar-refractivity contribution in [3.63, 3.8) is 0 Å². The van der Waals surface area contributed by atoms with Gasteiger partial charge >= 0.3 is 0 Å². The maximum Gasteiger partial charge on any atom is 0.180 e. The third-order valence-corrected chi connectivity index (χ3v) is 5.25. The van der Waals surface area contributed by atoms with Gasteiger partial charge in [-0.05, 0) is 74.6 Å². The van der Waals surface area contributed by atoms with Crippen LogP contribution in [0.2, 0.25) is 5.02 Å². The van der Waals surface area contributed by atoms with Gasteiger partial charge in [0.15, 0.2) is 5.78 Å². The van der Waals surface area contributed by atoms with Crippen LogP contribution in [0.1, 0.15) is 58.1 Å². The van der Waals surface area contributed by atoms with E-state index in [9.17, 15) is 4.79 Å². The Hall–Kier alpha value is -2.43. The maximum atomic E-state index is 11.7. The number of aromatic amines is 1. The number of aromatic nitrogens is 2. The minimum Gasteiger partial charge on any atom is -0.392 e. The molecule has 0 aliphatic rings. The van der Waals surface area contributed by atoms with Crippen molar-refractivity contribution in [2.75, 3.05) is 0 Å². The molecule has 3 aromatic rings. The number of aliphatic hydroxyl groups is 1. The lowest BCUT2D eigenvalue weighted by atomic mass is 10.0. The van der Waals surface area contributed by atoms with Crippen LogP contribution >= 0.6 is 11.6 Å². The van der Waals surface area contributed by atoms with Gasteiger partial charge in [-0.3, -0.25) is 9.89 Å². The number of ketones is 1. The van der Waals surface area contributed by atoms with Crippen LogP contribution in [-0.2, 0) is 6.61 Å². The zero-order valence-electron chi connectivity index (χ0n) is 17.8. The van der Waals surface area contributed by atoms with Crippen LogP contribution in [-0.4, -0.2) is 21.1 Å². The summed E-state index contributed by atoms with van der Waals surface area (Å²) in [7, 11) is 0. The molecule has 0 fully saturated rings. The van der Waals surface area contributed by atoms with Crippen LogP contribution in [0.15, 0.2) is 36.4 Å². The minimum atomic E-state index is 0.0834. The zero-order chi connectivity index (χ0) is 21.6. The summed E-state index contributed by atoms with van der Waals surface area (Å²) < 4.78 is 0. The van der Waals surface area contributed by atoms with Gasteiger partial charge in [0.1, 0.15) is 5.69 Å². The molecule has 0 saturated carbocycles. The predicted molar refractivity (Wildman–Crippen MR) is 120 cm³/mol. The molecule has 154 valence electrons. The Kier molecular flexibility index (Phi) is 8.18. The van der Waals surface area contributed by atoms with Crippen molar-refractivity contribution in [2.24, 2.45) is 0 Å². The number of hydrogen-bond donors (Lipinski definition) is 2. The molecular formula is C24H29ClN2O2. The molecule has 2 aromatic carbocycles. The van der Waals surface area contributed by atoms with E-state index in [1.165, 1.54) is 16.7 Å². The number of halogens is 1. The number of nitrogens with one attached hydrogen (secondary N) is 1. The van der Waals surface area contributed by atoms with E-state index in [4.69, 9.17) is 16.7 Å². The van der Waals surface area contributed by atoms with Crippen molar-refractivity contribution in [2.45, 2.75) is 54.1 Å². The molecule has 3 rings (SSSR count). The van der Waals surface area contributed by atoms with Crippen LogP contribution in [0.25, 0.3) is 11.3 Å². The monoisotopic (exact) mass is 412 g/mol. The first kappa shape index (κ1) is 22.9. The first-order valence-electron chi connectivity index (χ1n) is 9.79. The SMILES string of the molecule is CCCC(=O)c1cc(-c2cc(C)ccc2Cl)n[nH]1.Cc1cc(CO)cc(C)c1C. The molecule has 2 N–H and O–H groups in total. The molecule has 0 radical (unpaired) electrons. The van der Waals surface area contributed by atoms with Gasteiger partial charge in [-0.2, -0.15) is 5.10 Å². The summed E-state index contributed by atoms with van der Waals surface area (Å²) in [5.74, 6) is 0.0834. The quantitative estimate of drug-likeness (QED) is 0.495. The van der Waals surface area contributed by atoms with E-state index in [2.05, 4.69) is 31.0 Å². The molecule has 5 heteroatoms. The molecule has 4 nitrogen and oxygen atoms in total. The van der Waals surface area contributed by atoms with Crippen LogP contribution in [0, 0.1) is 27.7 Å². The van der Waals surface area contributed by atoms with E-state index >= 15 is 0 Å². The van der Waals surface area contributed by atoms with E-state index in [1.54, 1.807) is 6.07 Å². The third-order valence-electron chi connectivity index (χ3n) is 4.92. The molecular weight excluding hydrogens is 384 g/mol. The molecule has 29 heavy (non-hydrogen) atoms. The highest BCUT2D eigenvalue weighted by Gasteiger charge is 2.12. The number of carbonyl (C=O) groups is 1. The minimum absolute atomic E-state index is 0.0834. The standard InChI is InChI=1S/C14H15ClN2O.C10H14O/c1-3-4-14(18)13-8-12(16-17-13)10-7-9(2)5-6-11(10)15;1-7-4-10(6-11)5-8(2)9(7)3/h5-8H,3-4H2,1-2H3,(H,16,17);4-5,11H,6H2,1-3H3. The van der Waals surface area contributed by atoms with Crippen molar-refractivity contribution in [1.29, 1.82) is 0 Å². The number of aryl methyl sites for hydroxylation is 3. The van der Waals surface area contributed by atoms with Crippen LogP contribution < -0.4 is 0 Å². The Morgan fingerprint density at radius 2 is 1.72 bits per heavy atom. The third kappa shape index (κ3) is 6.02. The van der Waals surface area contributed by atoms with Gasteiger partial charge in [-0.1, -0.05) is 42.3 Å². The molecule has 0 unspecified atom stereocenters. The van der Waals surface area contributed by atoms with Gasteiger partial charge in [0.2, 0.25) is 0 Å². The average Bonchev–Trinajstić information content (AvgIpc) is 3.18. The number of rotatable bonds is 5. The lowest BCUT2D eigenvalue weighted by Gasteiger charge is -2.06. The Labute approximate surface area is 177 Å². The van der Waals surface area contributed by atoms with E-state index < -0.39 is 0 Å². The molecule has 0 aliphatic carbocycles. The molecule has 0 saturated heterocycles. The Bertz CT molecular complexity index is 969. The lowest BCUT2D eigenvalue weighted by molar-refractivity contribution is 0.0977. The van der Waals surface area contributed by atoms with Gasteiger partial charge in [0.25, 0.3) is 0 Å². The molecule has 1 heterocycles. The van der Waals surface area contributed by atoms with Crippen molar-refractivity contribution in [3.8, 4) is 11.3 Å². The number of benzene rings is 2. The topological polar surface area (TPSA) is 66.0 Å². The Morgan fingerprint density at radius 1 is 1.07 bits per heavy atom. The van der Waals surface area contributed by atoms with Crippen molar-refractivity contribution in [1.82, 2.24) is 10.2 Å². The van der Waals surface area contributed by atoms with Gasteiger partial charge < -0.3 is 5.11 Å². The van der Waals surface area contributed by atoms with Gasteiger partial charge in [0, 0.05) is 12.0 Å². The Morgan fingerprint density at radius 3 is 2.31 bits per heavy atom. The molecule has 0 spiro atoms. The summed E-state index contributed by atoms with van der Waals surface area (Å²) >= 11 is 6.14. The zero-order valence-corrected chi connectivity index (χ0v) is 18.5. The van der Waals surface area contributed by atoms with Crippen LogP contribution in [0.4, 0.5) is 0 Å². The second kappa shape index (κ2) is 10.4. The number of Topliss-reactive ketones (excluding diaryl/α,β-unsaturated/α-hetero) is 1. The average molecular weight is 413 g/mol. The molecule has 0 atom stereocenters. The number of H-pyrrole nitrogens is 1. The van der Waals surface area contributed by atoms with Gasteiger partial charge in [-0.25, -0.2) is 0 Å². The van der Waals surface area contributed by atoms with Crippen molar-refractivity contribution >= 4 is 17.4 Å². The largest absolute Gasteiger partial charge is 0.392 e. The molecule has 0 amide bonds. The summed E-state index contributed by atoms with van der Waals surface area (Å²) in [6.45, 7) is 10.4. The fourth-order valence-corrected chi connectivity index (χ4v) is 3.23. The number of nitrogens with zero attached hydrogens (tertiary/aromatic N) is 1. The van der Waals surface area contributed by atoms with Crippen LogP contribution in [0.5, 0.6) is 0 Å². The molecule has 0 bridgehead atoms. The fraction of sp³-hybridized carbons (Fsp3) is 0.333. The predicted octanol–water partition coefficient (Wildman–Crippen LogP) is 6.13. The second-order valence-electron chi connectivity index (χ2n) is 7.34. The number of hydrogen-bond acceptors (Lipinski definition) is 3. The lowest BCUT2D eigenvalue weighted by Crippen LogP contribution is -1.97. The number of carbonyl (C=O) groups excluding carboxylic acids is 1. The highest BCUT2D eigenvalue weighted by molar-refractivity contribution is 6.33. The van der Waals surface area contributed by atoms with Crippen molar-refractivity contribution < 1.29 is 9.90 Å². The van der Waals surface area contributed by atoms with Crippen LogP contribution in [0.3, 0.4) is 0 Å². The normalized spacial score (nSPS) is 10.4. The summed E-state index contributed by atoms with van der Waals surface area (Å²) in [5, 5.41) is 16.5. The smallest absolute Gasteiger partial charge is 0.180 e. The molecule has 0 aliphatic heterocycles. The maximum absolute atomic E-state index is 11.7. The highest BCUT2D eigenvalue weighted by Crippen LogP contribution is 2.28. The number of aliphatic hydroxyl groups excluding tert-OH is 1. The van der Waals surface area contributed by atoms with E-state index in [-0.39, 0.29) is 12.4 Å². The van der Waals surface area contributed by atoms with E-state index in [0.717, 1.165) is 23.1 Å². The van der Waals surface area contributed by atoms with Gasteiger partial charge in [-0.15, -0.1) is 0 Å². The Balaban J connectivity index is 0.000000234. The fourth-order valence-electron chi connectivity index (χ4n) is 3.02. The first-order valence-corrected chi connectivity index (χ1v) is 10.2. The summed E-state index contributed by atoms with van der Waals surface area (Å²) in [6, 6.07) is 11.6. The summed E-state index contributed by atoms with van der Waals surface area (Å²) in [5.41, 5.74) is 8.06.